The minimum Gasteiger partial charge on any atom is -0.508 e. The van der Waals surface area contributed by atoms with Crippen molar-refractivity contribution in [2.75, 3.05) is 5.32 Å². The average Bonchev–Trinajstić information content (AvgIpc) is 3.15. The van der Waals surface area contributed by atoms with Gasteiger partial charge in [-0.15, -0.1) is 5.10 Å². The highest BCUT2D eigenvalue weighted by Crippen LogP contribution is 2.41. The molecule has 2 aromatic carbocycles. The van der Waals surface area contributed by atoms with E-state index in [2.05, 4.69) is 38.2 Å². The van der Waals surface area contributed by atoms with E-state index in [1.807, 2.05) is 18.2 Å². The Morgan fingerprint density at radius 1 is 1.10 bits per heavy atom. The van der Waals surface area contributed by atoms with E-state index in [1.165, 1.54) is 5.56 Å². The van der Waals surface area contributed by atoms with Crippen LogP contribution in [0.3, 0.4) is 0 Å². The molecule has 2 heterocycles. The predicted molar refractivity (Wildman–Crippen MR) is 120 cm³/mol. The van der Waals surface area contributed by atoms with Crippen LogP contribution >= 0.6 is 0 Å². The highest BCUT2D eigenvalue weighted by molar-refractivity contribution is 5.99. The molecule has 0 radical (unpaired) electrons. The number of aromatic hydroxyl groups is 1. The van der Waals surface area contributed by atoms with Crippen LogP contribution in [0.2, 0.25) is 0 Å². The number of phenols is 1. The van der Waals surface area contributed by atoms with Gasteiger partial charge in [0.2, 0.25) is 5.95 Å². The first kappa shape index (κ1) is 19.5. The Balaban J connectivity index is 1.61. The van der Waals surface area contributed by atoms with Gasteiger partial charge in [0.05, 0.1) is 0 Å². The molecule has 1 aromatic heterocycles. The summed E-state index contributed by atoms with van der Waals surface area (Å²) < 4.78 is 1.78. The smallest absolute Gasteiger partial charge is 0.226 e. The lowest BCUT2D eigenvalue weighted by atomic mass is 9.85. The first-order valence-corrected chi connectivity index (χ1v) is 10.7. The van der Waals surface area contributed by atoms with Crippen LogP contribution in [0.4, 0.5) is 5.95 Å². The van der Waals surface area contributed by atoms with Gasteiger partial charge in [-0.1, -0.05) is 57.2 Å². The number of ketones is 1. The number of benzene rings is 2. The van der Waals surface area contributed by atoms with E-state index in [-0.39, 0.29) is 16.9 Å². The second kappa shape index (κ2) is 7.08. The van der Waals surface area contributed by atoms with Gasteiger partial charge in [-0.25, -0.2) is 4.68 Å². The van der Waals surface area contributed by atoms with E-state index in [9.17, 15) is 9.90 Å². The lowest BCUT2D eigenvalue weighted by Crippen LogP contribution is -2.31. The van der Waals surface area contributed by atoms with Crippen molar-refractivity contribution in [1.29, 1.82) is 0 Å². The van der Waals surface area contributed by atoms with E-state index < -0.39 is 6.04 Å². The number of hydrogen-bond donors (Lipinski definition) is 2. The molecule has 1 atom stereocenters. The SMILES string of the molecule is CC(C)(C)c1ccc(-c2nc3n(n2)C(c2cccc(O)c2)C2=C(CCCC2=O)N3)cc1. The molecule has 0 fully saturated rings. The summed E-state index contributed by atoms with van der Waals surface area (Å²) in [6.45, 7) is 6.56. The molecule has 6 nitrogen and oxygen atoms in total. The third-order valence-electron chi connectivity index (χ3n) is 6.06. The number of allylic oxidation sites excluding steroid dienone is 2. The second-order valence-corrected chi connectivity index (χ2v) is 9.32. The molecular formula is C25H26N4O2. The van der Waals surface area contributed by atoms with E-state index >= 15 is 0 Å². The molecule has 0 bridgehead atoms. The molecule has 1 aliphatic heterocycles. The van der Waals surface area contributed by atoms with Crippen LogP contribution in [0.25, 0.3) is 11.4 Å². The summed E-state index contributed by atoms with van der Waals surface area (Å²) in [5, 5.41) is 18.2. The van der Waals surface area contributed by atoms with Gasteiger partial charge in [-0.05, 0) is 41.5 Å². The predicted octanol–water partition coefficient (Wildman–Crippen LogP) is 4.97. The number of nitrogens with zero attached hydrogens (tertiary/aromatic N) is 3. The molecule has 0 saturated carbocycles. The molecule has 5 rings (SSSR count). The van der Waals surface area contributed by atoms with E-state index in [1.54, 1.807) is 22.9 Å². The number of fused-ring (bicyclic) bond motifs is 1. The van der Waals surface area contributed by atoms with Crippen molar-refractivity contribution in [3.05, 3.63) is 70.9 Å². The topological polar surface area (TPSA) is 80.0 Å². The van der Waals surface area contributed by atoms with Crippen LogP contribution in [0.1, 0.15) is 57.2 Å². The maximum atomic E-state index is 12.9. The number of phenolic OH excluding ortho intramolecular Hbond substituents is 1. The van der Waals surface area contributed by atoms with Crippen molar-refractivity contribution in [2.45, 2.75) is 51.5 Å². The summed E-state index contributed by atoms with van der Waals surface area (Å²) in [6.07, 6.45) is 2.16. The van der Waals surface area contributed by atoms with Crippen molar-refractivity contribution >= 4 is 11.7 Å². The number of rotatable bonds is 2. The quantitative estimate of drug-likeness (QED) is 0.619. The lowest BCUT2D eigenvalue weighted by molar-refractivity contribution is -0.116. The summed E-state index contributed by atoms with van der Waals surface area (Å²) in [4.78, 5) is 17.7. The molecule has 0 spiro atoms. The van der Waals surface area contributed by atoms with Gasteiger partial charge in [-0.3, -0.25) is 4.79 Å². The highest BCUT2D eigenvalue weighted by Gasteiger charge is 2.37. The van der Waals surface area contributed by atoms with Gasteiger partial charge >= 0.3 is 0 Å². The van der Waals surface area contributed by atoms with Crippen molar-refractivity contribution in [3.8, 4) is 17.1 Å². The molecule has 0 amide bonds. The fourth-order valence-electron chi connectivity index (χ4n) is 4.40. The largest absolute Gasteiger partial charge is 0.508 e. The van der Waals surface area contributed by atoms with Gasteiger partial charge in [0.25, 0.3) is 0 Å². The van der Waals surface area contributed by atoms with Gasteiger partial charge in [0.1, 0.15) is 11.8 Å². The maximum Gasteiger partial charge on any atom is 0.226 e. The zero-order chi connectivity index (χ0) is 21.8. The Morgan fingerprint density at radius 2 is 1.87 bits per heavy atom. The summed E-state index contributed by atoms with van der Waals surface area (Å²) >= 11 is 0. The molecule has 31 heavy (non-hydrogen) atoms. The third-order valence-corrected chi connectivity index (χ3v) is 6.06. The molecule has 1 unspecified atom stereocenters. The van der Waals surface area contributed by atoms with E-state index in [4.69, 9.17) is 10.1 Å². The minimum atomic E-state index is -0.402. The monoisotopic (exact) mass is 414 g/mol. The lowest BCUT2D eigenvalue weighted by Gasteiger charge is -2.32. The summed E-state index contributed by atoms with van der Waals surface area (Å²) in [6, 6.07) is 15.0. The standard InChI is InChI=1S/C25H26N4O2/c1-25(2,3)17-12-10-15(11-13-17)23-27-24-26-19-8-5-9-20(31)21(19)22(29(24)28-23)16-6-4-7-18(30)14-16/h4,6-7,10-14,22,30H,5,8-9H2,1-3H3,(H,26,27,28). The first-order chi connectivity index (χ1) is 14.8. The zero-order valence-electron chi connectivity index (χ0n) is 18.0. The summed E-state index contributed by atoms with van der Waals surface area (Å²) in [7, 11) is 0. The number of Topliss-reactive ketones (excluding diaryl/α,β-unsaturated/α-hetero) is 1. The Bertz CT molecular complexity index is 1200. The molecule has 1 aliphatic carbocycles. The number of nitrogens with one attached hydrogen (secondary N) is 1. The number of hydrogen-bond acceptors (Lipinski definition) is 5. The number of anilines is 1. The van der Waals surface area contributed by atoms with Crippen LogP contribution in [-0.4, -0.2) is 25.7 Å². The molecule has 158 valence electrons. The number of carbonyl (C=O) groups excluding carboxylic acids is 1. The van der Waals surface area contributed by atoms with Gasteiger partial charge in [-0.2, -0.15) is 4.98 Å². The summed E-state index contributed by atoms with van der Waals surface area (Å²) in [5.41, 5.74) is 4.72. The highest BCUT2D eigenvalue weighted by atomic mass is 16.3. The Morgan fingerprint density at radius 3 is 2.58 bits per heavy atom. The Labute approximate surface area is 181 Å². The first-order valence-electron chi connectivity index (χ1n) is 10.7. The van der Waals surface area contributed by atoms with Crippen molar-refractivity contribution in [1.82, 2.24) is 14.8 Å². The van der Waals surface area contributed by atoms with Crippen LogP contribution in [-0.2, 0) is 10.2 Å². The molecule has 2 N–H and O–H groups in total. The number of carbonyl (C=O) groups is 1. The molecule has 0 saturated heterocycles. The summed E-state index contributed by atoms with van der Waals surface area (Å²) in [5.74, 6) is 1.53. The van der Waals surface area contributed by atoms with Gasteiger partial charge < -0.3 is 10.4 Å². The van der Waals surface area contributed by atoms with E-state index in [0.717, 1.165) is 35.2 Å². The van der Waals surface area contributed by atoms with Gasteiger partial charge in [0, 0.05) is 23.3 Å². The van der Waals surface area contributed by atoms with Crippen molar-refractivity contribution < 1.29 is 9.90 Å². The average molecular weight is 415 g/mol. The van der Waals surface area contributed by atoms with E-state index in [0.29, 0.717) is 18.2 Å². The molecular weight excluding hydrogens is 388 g/mol. The zero-order valence-corrected chi connectivity index (χ0v) is 18.0. The Kier molecular flexibility index (Phi) is 4.46. The number of aromatic nitrogens is 3. The Hall–Kier alpha value is -3.41. The van der Waals surface area contributed by atoms with Crippen LogP contribution < -0.4 is 5.32 Å². The fraction of sp³-hybridized carbons (Fsp3) is 0.320. The molecule has 3 aromatic rings. The van der Waals surface area contributed by atoms with Crippen LogP contribution in [0, 0.1) is 0 Å². The maximum absolute atomic E-state index is 12.9. The molecule has 6 heteroatoms. The molecule has 2 aliphatic rings. The third kappa shape index (κ3) is 3.42. The normalized spacial score (nSPS) is 18.4. The van der Waals surface area contributed by atoms with Crippen molar-refractivity contribution in [2.24, 2.45) is 0 Å². The van der Waals surface area contributed by atoms with Crippen LogP contribution in [0.5, 0.6) is 5.75 Å². The second-order valence-electron chi connectivity index (χ2n) is 9.32. The fourth-order valence-corrected chi connectivity index (χ4v) is 4.40. The van der Waals surface area contributed by atoms with Crippen LogP contribution in [0.15, 0.2) is 59.8 Å². The van der Waals surface area contributed by atoms with Crippen molar-refractivity contribution in [3.63, 3.8) is 0 Å². The van der Waals surface area contributed by atoms with Gasteiger partial charge in [0.15, 0.2) is 11.6 Å². The minimum absolute atomic E-state index is 0.0741.